The third kappa shape index (κ3) is 6.05. The number of carbonyl (C=O) groups excluding carboxylic acids is 3. The van der Waals surface area contributed by atoms with Crippen LogP contribution in [0, 0.1) is 0 Å². The minimum absolute atomic E-state index is 0.177. The average molecular weight is 538 g/mol. The summed E-state index contributed by atoms with van der Waals surface area (Å²) in [4.78, 5) is 43.1. The molecule has 194 valence electrons. The lowest BCUT2D eigenvalue weighted by Crippen LogP contribution is -2.35. The van der Waals surface area contributed by atoms with Gasteiger partial charge in [-0.1, -0.05) is 81.2 Å². The van der Waals surface area contributed by atoms with E-state index in [1.165, 1.54) is 35.9 Å². The number of nitrogens with zero attached hydrogens (tertiary/aromatic N) is 2. The summed E-state index contributed by atoms with van der Waals surface area (Å²) in [5.41, 5.74) is 2.16. The second kappa shape index (κ2) is 12.4. The molecule has 2 aromatic carbocycles. The summed E-state index contributed by atoms with van der Waals surface area (Å²) in [7, 11) is 1.57. The molecular formula is C28H31N3O4S2. The zero-order valence-corrected chi connectivity index (χ0v) is 22.8. The van der Waals surface area contributed by atoms with Gasteiger partial charge in [0, 0.05) is 17.8 Å². The first-order valence-electron chi connectivity index (χ1n) is 12.6. The summed E-state index contributed by atoms with van der Waals surface area (Å²) in [6.07, 6.45) is 6.68. The number of hydrogen-bond acceptors (Lipinski definition) is 6. The van der Waals surface area contributed by atoms with Crippen molar-refractivity contribution in [1.82, 2.24) is 4.90 Å². The van der Waals surface area contributed by atoms with Crippen LogP contribution in [-0.4, -0.2) is 47.1 Å². The number of unbranched alkanes of at least 4 members (excludes halogenated alkanes) is 5. The van der Waals surface area contributed by atoms with Gasteiger partial charge in [0.05, 0.1) is 23.3 Å². The lowest BCUT2D eigenvalue weighted by molar-refractivity contribution is -0.122. The molecule has 0 spiro atoms. The molecule has 37 heavy (non-hydrogen) atoms. The molecule has 1 N–H and O–H groups in total. The molecule has 2 aliphatic heterocycles. The summed E-state index contributed by atoms with van der Waals surface area (Å²) in [5.74, 6) is -0.261. The van der Waals surface area contributed by atoms with Crippen molar-refractivity contribution in [3.05, 3.63) is 59.0 Å². The van der Waals surface area contributed by atoms with Crippen molar-refractivity contribution in [3.63, 3.8) is 0 Å². The van der Waals surface area contributed by atoms with Gasteiger partial charge in [-0.2, -0.15) is 0 Å². The monoisotopic (exact) mass is 537 g/mol. The van der Waals surface area contributed by atoms with Crippen molar-refractivity contribution in [2.24, 2.45) is 0 Å². The zero-order chi connectivity index (χ0) is 26.4. The Morgan fingerprint density at radius 2 is 1.65 bits per heavy atom. The van der Waals surface area contributed by atoms with Crippen molar-refractivity contribution in [2.45, 2.75) is 45.4 Å². The summed E-state index contributed by atoms with van der Waals surface area (Å²) in [5, 5.41) is 2.81. The highest BCUT2D eigenvalue weighted by atomic mass is 32.2. The van der Waals surface area contributed by atoms with Crippen molar-refractivity contribution in [2.75, 3.05) is 30.4 Å². The van der Waals surface area contributed by atoms with Gasteiger partial charge in [0.25, 0.3) is 11.8 Å². The SMILES string of the molecule is CCCCCCCCN1C(=O)C(=C2C(=O)N(CC(=O)Nc3ccc(OC)cc3)c3ccccc32)SC1=S. The van der Waals surface area contributed by atoms with E-state index in [0.717, 1.165) is 19.3 Å². The van der Waals surface area contributed by atoms with E-state index in [0.29, 0.717) is 44.0 Å². The summed E-state index contributed by atoms with van der Waals surface area (Å²) < 4.78 is 5.62. The fraction of sp³-hybridized carbons (Fsp3) is 0.357. The minimum Gasteiger partial charge on any atom is -0.497 e. The second-order valence-electron chi connectivity index (χ2n) is 8.98. The van der Waals surface area contributed by atoms with Crippen LogP contribution < -0.4 is 15.0 Å². The van der Waals surface area contributed by atoms with Crippen LogP contribution in [0.15, 0.2) is 53.4 Å². The molecule has 0 aliphatic carbocycles. The maximum atomic E-state index is 13.6. The van der Waals surface area contributed by atoms with Gasteiger partial charge < -0.3 is 10.1 Å². The van der Waals surface area contributed by atoms with Gasteiger partial charge in [0.15, 0.2) is 0 Å². The molecule has 0 bridgehead atoms. The van der Waals surface area contributed by atoms with Crippen LogP contribution in [0.3, 0.4) is 0 Å². The van der Waals surface area contributed by atoms with Gasteiger partial charge in [-0.3, -0.25) is 24.2 Å². The third-order valence-corrected chi connectivity index (χ3v) is 7.86. The molecule has 1 fully saturated rings. The lowest BCUT2D eigenvalue weighted by atomic mass is 10.1. The maximum Gasteiger partial charge on any atom is 0.267 e. The molecule has 9 heteroatoms. The number of ether oxygens (including phenoxy) is 1. The number of amides is 3. The van der Waals surface area contributed by atoms with E-state index in [4.69, 9.17) is 17.0 Å². The first-order valence-corrected chi connectivity index (χ1v) is 13.8. The standard InChI is InChI=1S/C28H31N3O4S2/c1-3-4-5-6-7-10-17-30-27(34)25(37-28(30)36)24-21-11-8-9-12-22(21)31(26(24)33)18-23(32)29-19-13-15-20(35-2)16-14-19/h8-9,11-16H,3-7,10,17-18H2,1-2H3,(H,29,32). The molecule has 2 aromatic rings. The number of carbonyl (C=O) groups is 3. The molecule has 3 amide bonds. The van der Waals surface area contributed by atoms with Crippen LogP contribution in [0.5, 0.6) is 5.75 Å². The number of hydrogen-bond donors (Lipinski definition) is 1. The number of methoxy groups -OCH3 is 1. The van der Waals surface area contributed by atoms with Crippen molar-refractivity contribution in [1.29, 1.82) is 0 Å². The second-order valence-corrected chi connectivity index (χ2v) is 10.6. The topological polar surface area (TPSA) is 79.0 Å². The lowest BCUT2D eigenvalue weighted by Gasteiger charge is -2.17. The summed E-state index contributed by atoms with van der Waals surface area (Å²) in [6.45, 7) is 2.56. The van der Waals surface area contributed by atoms with Gasteiger partial charge >= 0.3 is 0 Å². The van der Waals surface area contributed by atoms with E-state index in [2.05, 4.69) is 12.2 Å². The first-order chi connectivity index (χ1) is 17.9. The van der Waals surface area contributed by atoms with E-state index in [1.54, 1.807) is 42.3 Å². The molecule has 0 saturated carbocycles. The fourth-order valence-electron chi connectivity index (χ4n) is 4.47. The number of nitrogens with one attached hydrogen (secondary N) is 1. The molecule has 0 aromatic heterocycles. The number of para-hydroxylation sites is 1. The smallest absolute Gasteiger partial charge is 0.267 e. The Morgan fingerprint density at radius 3 is 2.38 bits per heavy atom. The fourth-order valence-corrected chi connectivity index (χ4v) is 5.85. The molecule has 2 heterocycles. The normalized spacial score (nSPS) is 17.0. The molecule has 0 atom stereocenters. The van der Waals surface area contributed by atoms with E-state index in [-0.39, 0.29) is 24.3 Å². The predicted octanol–water partition coefficient (Wildman–Crippen LogP) is 5.61. The van der Waals surface area contributed by atoms with Gasteiger partial charge in [-0.15, -0.1) is 0 Å². The van der Waals surface area contributed by atoms with Crippen LogP contribution >= 0.6 is 24.0 Å². The van der Waals surface area contributed by atoms with Crippen molar-refractivity contribution < 1.29 is 19.1 Å². The number of anilines is 2. The molecule has 0 radical (unpaired) electrons. The van der Waals surface area contributed by atoms with E-state index in [1.807, 2.05) is 18.2 Å². The number of rotatable bonds is 11. The Morgan fingerprint density at radius 1 is 0.946 bits per heavy atom. The number of benzene rings is 2. The number of thioether (sulfide) groups is 1. The van der Waals surface area contributed by atoms with E-state index < -0.39 is 0 Å². The van der Waals surface area contributed by atoms with E-state index in [9.17, 15) is 14.4 Å². The van der Waals surface area contributed by atoms with Gasteiger partial charge in [-0.25, -0.2) is 0 Å². The van der Waals surface area contributed by atoms with Gasteiger partial charge in [0.1, 0.15) is 16.6 Å². The summed E-state index contributed by atoms with van der Waals surface area (Å²) >= 11 is 6.69. The average Bonchev–Trinajstić information content (AvgIpc) is 3.33. The predicted molar refractivity (Wildman–Crippen MR) is 153 cm³/mol. The zero-order valence-electron chi connectivity index (χ0n) is 21.1. The minimum atomic E-state index is -0.369. The third-order valence-electron chi connectivity index (χ3n) is 6.41. The Bertz CT molecular complexity index is 1230. The maximum absolute atomic E-state index is 13.6. The first kappa shape index (κ1) is 26.9. The highest BCUT2D eigenvalue weighted by Gasteiger charge is 2.42. The van der Waals surface area contributed by atoms with Crippen molar-refractivity contribution >= 4 is 63.0 Å². The molecule has 1 saturated heterocycles. The van der Waals surface area contributed by atoms with Gasteiger partial charge in [0.2, 0.25) is 5.91 Å². The van der Waals surface area contributed by atoms with E-state index >= 15 is 0 Å². The van der Waals surface area contributed by atoms with Crippen LogP contribution in [0.1, 0.15) is 51.0 Å². The van der Waals surface area contributed by atoms with Crippen LogP contribution in [0.2, 0.25) is 0 Å². The largest absolute Gasteiger partial charge is 0.497 e. The highest BCUT2D eigenvalue weighted by molar-refractivity contribution is 8.26. The highest BCUT2D eigenvalue weighted by Crippen LogP contribution is 2.44. The Labute approximate surface area is 227 Å². The molecule has 4 rings (SSSR count). The van der Waals surface area contributed by atoms with Crippen LogP contribution in [-0.2, 0) is 14.4 Å². The molecule has 7 nitrogen and oxygen atoms in total. The summed E-state index contributed by atoms with van der Waals surface area (Å²) in [6, 6.07) is 14.2. The van der Waals surface area contributed by atoms with Crippen LogP contribution in [0.4, 0.5) is 11.4 Å². The Hall–Kier alpha value is -3.17. The number of fused-ring (bicyclic) bond motifs is 1. The van der Waals surface area contributed by atoms with Crippen LogP contribution in [0.25, 0.3) is 5.57 Å². The molecular weight excluding hydrogens is 506 g/mol. The number of thiocarbonyl (C=S) groups is 1. The molecule has 2 aliphatic rings. The van der Waals surface area contributed by atoms with Crippen molar-refractivity contribution in [3.8, 4) is 5.75 Å². The van der Waals surface area contributed by atoms with Gasteiger partial charge in [-0.05, 0) is 36.8 Å². The Balaban J connectivity index is 1.49. The quantitative estimate of drug-likeness (QED) is 0.228. The molecule has 0 unspecified atom stereocenters. The Kier molecular flexibility index (Phi) is 9.00.